The summed E-state index contributed by atoms with van der Waals surface area (Å²) in [5, 5.41) is 10.5. The number of carbonyl (C=O) groups is 1. The first-order valence-corrected chi connectivity index (χ1v) is 9.10. The Morgan fingerprint density at radius 3 is 2.74 bits per heavy atom. The number of benzene rings is 1. The zero-order valence-electron chi connectivity index (χ0n) is 15.4. The van der Waals surface area contributed by atoms with Crippen molar-refractivity contribution in [1.82, 2.24) is 25.1 Å². The van der Waals surface area contributed by atoms with Crippen molar-refractivity contribution in [3.05, 3.63) is 66.2 Å². The summed E-state index contributed by atoms with van der Waals surface area (Å²) >= 11 is 0. The van der Waals surface area contributed by atoms with Crippen LogP contribution in [0.25, 0.3) is 5.82 Å². The number of hydrogen-bond acceptors (Lipinski definition) is 5. The normalized spacial score (nSPS) is 10.6. The Morgan fingerprint density at radius 2 is 1.96 bits per heavy atom. The predicted octanol–water partition coefficient (Wildman–Crippen LogP) is 2.52. The average molecular weight is 364 g/mol. The van der Waals surface area contributed by atoms with Gasteiger partial charge in [-0.2, -0.15) is 5.10 Å². The van der Waals surface area contributed by atoms with E-state index in [1.165, 1.54) is 11.9 Å². The van der Waals surface area contributed by atoms with Crippen LogP contribution in [-0.2, 0) is 11.2 Å². The Bertz CT molecular complexity index is 862. The summed E-state index contributed by atoms with van der Waals surface area (Å²) in [5.74, 6) is 1.47. The van der Waals surface area contributed by atoms with Gasteiger partial charge in [-0.25, -0.2) is 14.6 Å². The minimum absolute atomic E-state index is 0.0723. The van der Waals surface area contributed by atoms with Crippen LogP contribution in [0.5, 0.6) is 0 Å². The van der Waals surface area contributed by atoms with Crippen molar-refractivity contribution in [1.29, 1.82) is 0 Å². The molecule has 0 aliphatic heterocycles. The van der Waals surface area contributed by atoms with Crippen molar-refractivity contribution in [2.45, 2.75) is 26.2 Å². The lowest BCUT2D eigenvalue weighted by Crippen LogP contribution is -2.28. The highest BCUT2D eigenvalue weighted by molar-refractivity contribution is 5.75. The molecule has 1 aromatic carbocycles. The van der Waals surface area contributed by atoms with Crippen LogP contribution in [0.3, 0.4) is 0 Å². The third-order valence-electron chi connectivity index (χ3n) is 4.08. The van der Waals surface area contributed by atoms with Crippen LogP contribution in [0.2, 0.25) is 0 Å². The van der Waals surface area contributed by atoms with Gasteiger partial charge in [-0.3, -0.25) is 4.79 Å². The Hall–Kier alpha value is -3.22. The van der Waals surface area contributed by atoms with E-state index < -0.39 is 0 Å². The zero-order chi connectivity index (χ0) is 18.9. The number of amides is 1. The van der Waals surface area contributed by atoms with E-state index in [2.05, 4.69) is 37.8 Å². The van der Waals surface area contributed by atoms with Crippen LogP contribution in [0, 0.1) is 6.92 Å². The van der Waals surface area contributed by atoms with E-state index in [0.29, 0.717) is 31.1 Å². The van der Waals surface area contributed by atoms with Crippen LogP contribution in [0.15, 0.2) is 55.0 Å². The van der Waals surface area contributed by atoms with Crippen molar-refractivity contribution >= 4 is 11.7 Å². The van der Waals surface area contributed by atoms with Crippen molar-refractivity contribution < 1.29 is 4.79 Å². The summed E-state index contributed by atoms with van der Waals surface area (Å²) in [5.41, 5.74) is 2.19. The predicted molar refractivity (Wildman–Crippen MR) is 105 cm³/mol. The Morgan fingerprint density at radius 1 is 1.11 bits per heavy atom. The molecule has 2 N–H and O–H groups in total. The molecule has 0 saturated heterocycles. The summed E-state index contributed by atoms with van der Waals surface area (Å²) in [6.45, 7) is 3.07. The van der Waals surface area contributed by atoms with E-state index in [0.717, 1.165) is 18.5 Å². The van der Waals surface area contributed by atoms with E-state index in [-0.39, 0.29) is 5.91 Å². The number of carbonyl (C=O) groups excluding carboxylic acids is 1. The molecule has 1 amide bonds. The molecule has 3 rings (SSSR count). The number of aryl methyl sites for hydroxylation is 2. The largest absolute Gasteiger partial charge is 0.368 e. The summed E-state index contributed by atoms with van der Waals surface area (Å²) in [4.78, 5) is 20.3. The molecule has 2 heterocycles. The third kappa shape index (κ3) is 5.91. The molecule has 0 atom stereocenters. The average Bonchev–Trinajstić information content (AvgIpc) is 3.13. The first-order chi connectivity index (χ1) is 13.2. The summed E-state index contributed by atoms with van der Waals surface area (Å²) in [6.07, 6.45) is 5.66. The molecular weight excluding hydrogens is 340 g/mol. The lowest BCUT2D eigenvalue weighted by molar-refractivity contribution is -0.121. The lowest BCUT2D eigenvalue weighted by Gasteiger charge is -2.08. The van der Waals surface area contributed by atoms with E-state index in [1.54, 1.807) is 4.68 Å². The molecule has 7 nitrogen and oxygen atoms in total. The molecule has 0 spiro atoms. The van der Waals surface area contributed by atoms with E-state index in [4.69, 9.17) is 0 Å². The minimum atomic E-state index is 0.0723. The first kappa shape index (κ1) is 18.6. The van der Waals surface area contributed by atoms with Crippen molar-refractivity contribution in [2.75, 3.05) is 18.4 Å². The molecular formula is C20H24N6O. The van der Waals surface area contributed by atoms with Crippen LogP contribution >= 0.6 is 0 Å². The standard InChI is InChI=1S/C20H24N6O/c1-16-10-13-26(25-16)19-14-18(23-15-24-19)21-11-12-22-20(27)9-5-8-17-6-3-2-4-7-17/h2-4,6-7,10,13-15H,5,8-9,11-12H2,1H3,(H,22,27)(H,21,23,24). The third-order valence-corrected chi connectivity index (χ3v) is 4.08. The van der Waals surface area contributed by atoms with Gasteiger partial charge in [0.05, 0.1) is 5.69 Å². The number of aromatic nitrogens is 4. The van der Waals surface area contributed by atoms with Gasteiger partial charge in [0.2, 0.25) is 5.91 Å². The second-order valence-electron chi connectivity index (χ2n) is 6.28. The molecule has 0 fully saturated rings. The maximum absolute atomic E-state index is 11.9. The van der Waals surface area contributed by atoms with Crippen molar-refractivity contribution in [3.8, 4) is 5.82 Å². The second-order valence-corrected chi connectivity index (χ2v) is 6.28. The number of hydrogen-bond donors (Lipinski definition) is 2. The highest BCUT2D eigenvalue weighted by atomic mass is 16.1. The lowest BCUT2D eigenvalue weighted by atomic mass is 10.1. The Kier molecular flexibility index (Phi) is 6.51. The highest BCUT2D eigenvalue weighted by Gasteiger charge is 2.04. The molecule has 140 valence electrons. The van der Waals surface area contributed by atoms with Crippen LogP contribution in [0.1, 0.15) is 24.1 Å². The topological polar surface area (TPSA) is 84.7 Å². The van der Waals surface area contributed by atoms with Gasteiger partial charge in [-0.15, -0.1) is 0 Å². The molecule has 0 bridgehead atoms. The van der Waals surface area contributed by atoms with Gasteiger partial charge in [0.15, 0.2) is 5.82 Å². The molecule has 7 heteroatoms. The van der Waals surface area contributed by atoms with Gasteiger partial charge in [-0.05, 0) is 31.4 Å². The summed E-state index contributed by atoms with van der Waals surface area (Å²) in [7, 11) is 0. The number of rotatable bonds is 9. The molecule has 2 aromatic heterocycles. The van der Waals surface area contributed by atoms with Gasteiger partial charge in [0.1, 0.15) is 12.1 Å². The van der Waals surface area contributed by atoms with Crippen LogP contribution in [-0.4, -0.2) is 38.7 Å². The molecule has 0 unspecified atom stereocenters. The number of anilines is 1. The zero-order valence-corrected chi connectivity index (χ0v) is 15.4. The minimum Gasteiger partial charge on any atom is -0.368 e. The smallest absolute Gasteiger partial charge is 0.220 e. The molecule has 0 aliphatic carbocycles. The van der Waals surface area contributed by atoms with E-state index in [9.17, 15) is 4.79 Å². The molecule has 0 radical (unpaired) electrons. The monoisotopic (exact) mass is 364 g/mol. The Labute approximate surface area is 158 Å². The van der Waals surface area contributed by atoms with E-state index >= 15 is 0 Å². The SMILES string of the molecule is Cc1ccn(-c2cc(NCCNC(=O)CCCc3ccccc3)ncn2)n1. The molecule has 0 saturated carbocycles. The van der Waals surface area contributed by atoms with Crippen molar-refractivity contribution in [3.63, 3.8) is 0 Å². The highest BCUT2D eigenvalue weighted by Crippen LogP contribution is 2.08. The van der Waals surface area contributed by atoms with Crippen LogP contribution in [0.4, 0.5) is 5.82 Å². The second kappa shape index (κ2) is 9.47. The Balaban J connectivity index is 1.35. The van der Waals surface area contributed by atoms with Crippen molar-refractivity contribution in [2.24, 2.45) is 0 Å². The van der Waals surface area contributed by atoms with Gasteiger partial charge in [0.25, 0.3) is 0 Å². The first-order valence-electron chi connectivity index (χ1n) is 9.10. The molecule has 27 heavy (non-hydrogen) atoms. The summed E-state index contributed by atoms with van der Waals surface area (Å²) in [6, 6.07) is 14.0. The van der Waals surface area contributed by atoms with Crippen LogP contribution < -0.4 is 10.6 Å². The van der Waals surface area contributed by atoms with Gasteiger partial charge >= 0.3 is 0 Å². The molecule has 3 aromatic rings. The fourth-order valence-corrected chi connectivity index (χ4v) is 2.69. The van der Waals surface area contributed by atoms with Gasteiger partial charge < -0.3 is 10.6 Å². The maximum Gasteiger partial charge on any atom is 0.220 e. The van der Waals surface area contributed by atoms with Gasteiger partial charge in [0, 0.05) is 31.8 Å². The fraction of sp³-hybridized carbons (Fsp3) is 0.300. The van der Waals surface area contributed by atoms with E-state index in [1.807, 2.05) is 43.5 Å². The number of nitrogens with one attached hydrogen (secondary N) is 2. The maximum atomic E-state index is 11.9. The van der Waals surface area contributed by atoms with Gasteiger partial charge in [-0.1, -0.05) is 30.3 Å². The molecule has 0 aliphatic rings. The quantitative estimate of drug-likeness (QED) is 0.570. The summed E-state index contributed by atoms with van der Waals surface area (Å²) < 4.78 is 1.71. The fourth-order valence-electron chi connectivity index (χ4n) is 2.69. The number of nitrogens with zero attached hydrogens (tertiary/aromatic N) is 4.